The average molecular weight is 253 g/mol. The van der Waals surface area contributed by atoms with E-state index in [0.29, 0.717) is 0 Å². The first-order chi connectivity index (χ1) is 7.87. The van der Waals surface area contributed by atoms with E-state index < -0.39 is 12.0 Å². The van der Waals surface area contributed by atoms with E-state index in [9.17, 15) is 4.79 Å². The van der Waals surface area contributed by atoms with Gasteiger partial charge in [-0.2, -0.15) is 0 Å². The number of hydrogen-bond acceptors (Lipinski definition) is 4. The minimum absolute atomic E-state index is 0.0741. The quantitative estimate of drug-likeness (QED) is 0.865. The van der Waals surface area contributed by atoms with Gasteiger partial charge in [0.1, 0.15) is 5.75 Å². The third-order valence-corrected chi connectivity index (χ3v) is 3.63. The highest BCUT2D eigenvalue weighted by Crippen LogP contribution is 2.47. The van der Waals surface area contributed by atoms with Crippen molar-refractivity contribution in [3.63, 3.8) is 0 Å². The van der Waals surface area contributed by atoms with E-state index in [1.807, 2.05) is 32.0 Å². The maximum absolute atomic E-state index is 10.6. The molecule has 0 radical (unpaired) electrons. The molecular formula is C12H15NO3S. The minimum Gasteiger partial charge on any atom is -0.481 e. The zero-order valence-corrected chi connectivity index (χ0v) is 10.6. The molecule has 1 heterocycles. The molecule has 0 amide bonds. The number of carboxylic acid groups (broad SMARTS) is 1. The average Bonchev–Trinajstić information content (AvgIpc) is 2.48. The van der Waals surface area contributed by atoms with Gasteiger partial charge in [-0.3, -0.25) is 4.79 Å². The fourth-order valence-corrected chi connectivity index (χ4v) is 2.77. The Morgan fingerprint density at radius 3 is 2.94 bits per heavy atom. The molecule has 5 heteroatoms. The molecule has 1 unspecified atom stereocenters. The molecule has 1 aliphatic heterocycles. The summed E-state index contributed by atoms with van der Waals surface area (Å²) in [6.45, 7) is 3.99. The Labute approximate surface area is 104 Å². The van der Waals surface area contributed by atoms with E-state index in [1.54, 1.807) is 11.8 Å². The van der Waals surface area contributed by atoms with E-state index in [0.717, 1.165) is 16.2 Å². The van der Waals surface area contributed by atoms with Gasteiger partial charge in [0.15, 0.2) is 4.93 Å². The van der Waals surface area contributed by atoms with Gasteiger partial charge >= 0.3 is 5.97 Å². The first kappa shape index (κ1) is 12.3. The van der Waals surface area contributed by atoms with Crippen LogP contribution >= 0.6 is 11.8 Å². The summed E-state index contributed by atoms with van der Waals surface area (Å²) in [6.07, 6.45) is -0.0741. The van der Waals surface area contributed by atoms with Crippen LogP contribution < -0.4 is 10.5 Å². The maximum atomic E-state index is 10.6. The molecule has 17 heavy (non-hydrogen) atoms. The summed E-state index contributed by atoms with van der Waals surface area (Å²) in [4.78, 5) is 11.4. The second kappa shape index (κ2) is 4.23. The summed E-state index contributed by atoms with van der Waals surface area (Å²) >= 11 is 1.65. The Morgan fingerprint density at radius 2 is 2.29 bits per heavy atom. The lowest BCUT2D eigenvalue weighted by molar-refractivity contribution is -0.137. The Hall–Kier alpha value is -1.20. The van der Waals surface area contributed by atoms with Crippen molar-refractivity contribution in [1.82, 2.24) is 0 Å². The van der Waals surface area contributed by atoms with Crippen molar-refractivity contribution in [2.45, 2.75) is 36.1 Å². The van der Waals surface area contributed by atoms with Crippen molar-refractivity contribution < 1.29 is 14.6 Å². The van der Waals surface area contributed by atoms with Crippen LogP contribution in [0.15, 0.2) is 23.1 Å². The number of aliphatic carboxylic acids is 1. The van der Waals surface area contributed by atoms with Crippen LogP contribution in [-0.4, -0.2) is 16.0 Å². The highest BCUT2D eigenvalue weighted by molar-refractivity contribution is 8.00. The van der Waals surface area contributed by atoms with Crippen molar-refractivity contribution in [1.29, 1.82) is 0 Å². The largest absolute Gasteiger partial charge is 0.481 e. The van der Waals surface area contributed by atoms with Gasteiger partial charge in [-0.05, 0) is 31.5 Å². The number of hydrogen-bond donors (Lipinski definition) is 2. The molecule has 0 aromatic heterocycles. The molecule has 1 atom stereocenters. The molecular weight excluding hydrogens is 238 g/mol. The smallest absolute Gasteiger partial charge is 0.305 e. The predicted octanol–water partition coefficient (Wildman–Crippen LogP) is 2.38. The molecule has 4 nitrogen and oxygen atoms in total. The van der Waals surface area contributed by atoms with Crippen LogP contribution in [0.4, 0.5) is 0 Å². The van der Waals surface area contributed by atoms with Gasteiger partial charge in [0, 0.05) is 6.04 Å². The summed E-state index contributed by atoms with van der Waals surface area (Å²) in [5.74, 6) is -0.105. The first-order valence-corrected chi connectivity index (χ1v) is 6.18. The van der Waals surface area contributed by atoms with Crippen LogP contribution in [0.5, 0.6) is 5.75 Å². The maximum Gasteiger partial charge on any atom is 0.305 e. The van der Waals surface area contributed by atoms with E-state index in [2.05, 4.69) is 0 Å². The lowest BCUT2D eigenvalue weighted by Crippen LogP contribution is -2.18. The highest BCUT2D eigenvalue weighted by Gasteiger charge is 2.31. The Balaban J connectivity index is 2.21. The van der Waals surface area contributed by atoms with Crippen LogP contribution in [0.1, 0.15) is 31.9 Å². The molecule has 1 aromatic rings. The molecule has 1 aromatic carbocycles. The molecule has 3 N–H and O–H groups in total. The third kappa shape index (κ3) is 2.73. The van der Waals surface area contributed by atoms with Gasteiger partial charge in [-0.25, -0.2) is 0 Å². The highest BCUT2D eigenvalue weighted by atomic mass is 32.2. The summed E-state index contributed by atoms with van der Waals surface area (Å²) in [7, 11) is 0. The number of carbonyl (C=O) groups is 1. The van der Waals surface area contributed by atoms with Crippen LogP contribution in [0.2, 0.25) is 0 Å². The van der Waals surface area contributed by atoms with Crippen molar-refractivity contribution in [3.05, 3.63) is 23.8 Å². The molecule has 1 aliphatic rings. The Bertz CT molecular complexity index is 459. The van der Waals surface area contributed by atoms with E-state index in [1.165, 1.54) is 0 Å². The number of fused-ring (bicyclic) bond motifs is 1. The zero-order valence-electron chi connectivity index (χ0n) is 9.77. The van der Waals surface area contributed by atoms with Gasteiger partial charge in [-0.1, -0.05) is 17.8 Å². The monoisotopic (exact) mass is 253 g/mol. The zero-order chi connectivity index (χ0) is 12.6. The lowest BCUT2D eigenvalue weighted by atomic mass is 10.0. The fourth-order valence-electron chi connectivity index (χ4n) is 1.78. The molecule has 92 valence electrons. The molecule has 0 spiro atoms. The Kier molecular flexibility index (Phi) is 3.05. The molecule has 0 saturated heterocycles. The fraction of sp³-hybridized carbons (Fsp3) is 0.417. The second-order valence-electron chi connectivity index (χ2n) is 4.51. The van der Waals surface area contributed by atoms with Gasteiger partial charge in [0.05, 0.1) is 11.3 Å². The SMILES string of the molecule is CC1(C)Oc2cc(C(N)CC(=O)O)ccc2S1. The van der Waals surface area contributed by atoms with Crippen molar-refractivity contribution >= 4 is 17.7 Å². The standard InChI is InChI=1S/C12H15NO3S/c1-12(2)16-9-5-7(3-4-10(9)17-12)8(13)6-11(14)15/h3-5,8H,6,13H2,1-2H3,(H,14,15). The van der Waals surface area contributed by atoms with E-state index >= 15 is 0 Å². The molecule has 0 fully saturated rings. The number of ether oxygens (including phenoxy) is 1. The molecule has 0 bridgehead atoms. The molecule has 0 aliphatic carbocycles. The number of rotatable bonds is 3. The summed E-state index contributed by atoms with van der Waals surface area (Å²) in [5.41, 5.74) is 6.61. The minimum atomic E-state index is -0.895. The topological polar surface area (TPSA) is 72.5 Å². The van der Waals surface area contributed by atoms with Gasteiger partial charge < -0.3 is 15.6 Å². The Morgan fingerprint density at radius 1 is 1.59 bits per heavy atom. The van der Waals surface area contributed by atoms with Gasteiger partial charge in [-0.15, -0.1) is 0 Å². The normalized spacial score (nSPS) is 18.3. The number of benzene rings is 1. The van der Waals surface area contributed by atoms with Crippen molar-refractivity contribution in [2.75, 3.05) is 0 Å². The predicted molar refractivity (Wildman–Crippen MR) is 66.2 cm³/mol. The van der Waals surface area contributed by atoms with Crippen LogP contribution in [0, 0.1) is 0 Å². The number of carboxylic acids is 1. The number of nitrogens with two attached hydrogens (primary N) is 1. The summed E-state index contributed by atoms with van der Waals surface area (Å²) in [6, 6.07) is 5.15. The molecule has 0 saturated carbocycles. The van der Waals surface area contributed by atoms with Crippen molar-refractivity contribution in [3.8, 4) is 5.75 Å². The van der Waals surface area contributed by atoms with Crippen LogP contribution in [0.25, 0.3) is 0 Å². The summed E-state index contributed by atoms with van der Waals surface area (Å²) < 4.78 is 5.75. The molecule has 2 rings (SSSR count). The van der Waals surface area contributed by atoms with E-state index in [-0.39, 0.29) is 11.4 Å². The first-order valence-electron chi connectivity index (χ1n) is 5.37. The third-order valence-electron chi connectivity index (χ3n) is 2.50. The van der Waals surface area contributed by atoms with E-state index in [4.69, 9.17) is 15.6 Å². The second-order valence-corrected chi connectivity index (χ2v) is 6.14. The van der Waals surface area contributed by atoms with Crippen LogP contribution in [0.3, 0.4) is 0 Å². The van der Waals surface area contributed by atoms with Gasteiger partial charge in [0.2, 0.25) is 0 Å². The van der Waals surface area contributed by atoms with Gasteiger partial charge in [0.25, 0.3) is 0 Å². The number of thioether (sulfide) groups is 1. The summed E-state index contributed by atoms with van der Waals surface area (Å²) in [5, 5.41) is 8.71. The van der Waals surface area contributed by atoms with Crippen molar-refractivity contribution in [2.24, 2.45) is 5.73 Å². The lowest BCUT2D eigenvalue weighted by Gasteiger charge is -2.16. The van der Waals surface area contributed by atoms with Crippen LogP contribution in [-0.2, 0) is 4.79 Å².